The van der Waals surface area contributed by atoms with Crippen LogP contribution < -0.4 is 4.46 Å². The Balaban J connectivity index is 1.68. The van der Waals surface area contributed by atoms with Crippen molar-refractivity contribution in [2.75, 3.05) is 0 Å². The fourth-order valence-corrected chi connectivity index (χ4v) is 7.68. The molecule has 3 aliphatic rings. The molecule has 0 aromatic heterocycles. The molecule has 1 saturated carbocycles. The predicted octanol–water partition coefficient (Wildman–Crippen LogP) is 2.54. The number of esters is 2. The van der Waals surface area contributed by atoms with Crippen molar-refractivity contribution in [2.45, 2.75) is 51.1 Å². The predicted molar refractivity (Wildman–Crippen MR) is 99.8 cm³/mol. The monoisotopic (exact) mass is 436 g/mol. The maximum atomic E-state index is 13.0. The second kappa shape index (κ2) is 6.68. The summed E-state index contributed by atoms with van der Waals surface area (Å²) in [4.78, 5) is 24.7. The van der Waals surface area contributed by atoms with Crippen LogP contribution in [0.2, 0.25) is 5.32 Å². The topological polar surface area (TPSA) is 69.7 Å². The van der Waals surface area contributed by atoms with Crippen molar-refractivity contribution in [2.24, 2.45) is 17.3 Å². The molecule has 0 radical (unpaired) electrons. The number of carbonyl (C=O) groups excluding carboxylic acids is 2. The van der Waals surface area contributed by atoms with Crippen molar-refractivity contribution in [1.82, 2.24) is 0 Å². The number of carbonyl (C=O) groups is 2. The normalized spacial score (nSPS) is 36.6. The van der Waals surface area contributed by atoms with E-state index in [9.17, 15) is 13.4 Å². The summed E-state index contributed by atoms with van der Waals surface area (Å²) in [5.74, 6) is -0.614. The van der Waals surface area contributed by atoms with Gasteiger partial charge in [-0.05, 0) is 0 Å². The molecule has 1 aromatic carbocycles. The molecule has 27 heavy (non-hydrogen) atoms. The molecule has 5 nitrogen and oxygen atoms in total. The molecule has 2 aliphatic heterocycles. The summed E-state index contributed by atoms with van der Waals surface area (Å²) in [5, 5.41) is 0.337. The average molecular weight is 435 g/mol. The van der Waals surface area contributed by atoms with Gasteiger partial charge in [-0.15, -0.1) is 0 Å². The average Bonchev–Trinajstić information content (AvgIpc) is 2.94. The molecule has 1 saturated heterocycles. The Bertz CT molecular complexity index is 845. The van der Waals surface area contributed by atoms with Crippen LogP contribution in [0, 0.1) is 17.3 Å². The zero-order valence-corrected chi connectivity index (χ0v) is 17.5. The fraction of sp³-hybridized carbons (Fsp3) is 0.524. The molecular formula is C21H24O5Se. The van der Waals surface area contributed by atoms with Crippen molar-refractivity contribution in [3.63, 3.8) is 0 Å². The van der Waals surface area contributed by atoms with Gasteiger partial charge in [-0.2, -0.15) is 0 Å². The molecule has 0 N–H and O–H groups in total. The van der Waals surface area contributed by atoms with Crippen LogP contribution in [0.4, 0.5) is 0 Å². The van der Waals surface area contributed by atoms with E-state index in [1.54, 1.807) is 6.92 Å². The van der Waals surface area contributed by atoms with Crippen molar-refractivity contribution in [3.05, 3.63) is 41.5 Å². The van der Waals surface area contributed by atoms with Gasteiger partial charge in [0.25, 0.3) is 0 Å². The summed E-state index contributed by atoms with van der Waals surface area (Å²) in [5.41, 5.74) is 1.00. The van der Waals surface area contributed by atoms with E-state index in [-0.39, 0.29) is 29.9 Å². The van der Waals surface area contributed by atoms with E-state index in [4.69, 9.17) is 9.47 Å². The third-order valence-electron chi connectivity index (χ3n) is 6.52. The molecule has 0 spiro atoms. The van der Waals surface area contributed by atoms with Crippen LogP contribution in [0.3, 0.4) is 0 Å². The Kier molecular flexibility index (Phi) is 4.59. The van der Waals surface area contributed by atoms with Crippen LogP contribution in [0.25, 0.3) is 0 Å². The molecule has 0 bridgehead atoms. The number of ether oxygens (including phenoxy) is 2. The second-order valence-corrected chi connectivity index (χ2v) is 11.2. The number of hydrogen-bond acceptors (Lipinski definition) is 5. The third-order valence-corrected chi connectivity index (χ3v) is 9.47. The van der Waals surface area contributed by atoms with Crippen molar-refractivity contribution in [3.8, 4) is 0 Å². The molecule has 1 aromatic rings. The van der Waals surface area contributed by atoms with Gasteiger partial charge in [0.2, 0.25) is 0 Å². The van der Waals surface area contributed by atoms with Crippen LogP contribution in [0.1, 0.15) is 33.6 Å². The van der Waals surface area contributed by atoms with Gasteiger partial charge < -0.3 is 0 Å². The van der Waals surface area contributed by atoms with Crippen LogP contribution in [-0.2, 0) is 22.9 Å². The van der Waals surface area contributed by atoms with Crippen LogP contribution in [-0.4, -0.2) is 38.0 Å². The van der Waals surface area contributed by atoms with E-state index in [2.05, 4.69) is 6.92 Å². The first-order chi connectivity index (χ1) is 12.8. The fourth-order valence-electron chi connectivity index (χ4n) is 4.82. The Morgan fingerprint density at radius 3 is 2.59 bits per heavy atom. The first-order valence-corrected chi connectivity index (χ1v) is 12.2. The minimum atomic E-state index is -2.35. The summed E-state index contributed by atoms with van der Waals surface area (Å²) >= 11 is -2.35. The molecule has 1 unspecified atom stereocenters. The Labute approximate surface area is 163 Å². The molecular weight excluding hydrogens is 411 g/mol. The zero-order chi connectivity index (χ0) is 19.3. The van der Waals surface area contributed by atoms with Crippen molar-refractivity contribution < 1.29 is 22.9 Å². The molecule has 4 rings (SSSR count). The number of benzene rings is 1. The van der Waals surface area contributed by atoms with Crippen LogP contribution >= 0.6 is 0 Å². The summed E-state index contributed by atoms with van der Waals surface area (Å²) in [7, 11) is 0. The quantitative estimate of drug-likeness (QED) is 0.539. The number of fused-ring (bicyclic) bond motifs is 3. The van der Waals surface area contributed by atoms with Crippen molar-refractivity contribution in [1.29, 1.82) is 0 Å². The first kappa shape index (κ1) is 18.6. The van der Waals surface area contributed by atoms with Gasteiger partial charge in [-0.25, -0.2) is 0 Å². The summed E-state index contributed by atoms with van der Waals surface area (Å²) < 4.78 is 25.2. The number of cyclic esters (lactones) is 1. The number of hydrogen-bond donors (Lipinski definition) is 0. The van der Waals surface area contributed by atoms with E-state index in [1.165, 1.54) is 0 Å². The molecule has 6 heteroatoms. The second-order valence-electron chi connectivity index (χ2n) is 8.02. The van der Waals surface area contributed by atoms with Gasteiger partial charge >= 0.3 is 163 Å². The van der Waals surface area contributed by atoms with E-state index in [1.807, 2.05) is 37.3 Å². The maximum absolute atomic E-state index is 13.0. The molecule has 2 heterocycles. The van der Waals surface area contributed by atoms with E-state index >= 15 is 0 Å². The van der Waals surface area contributed by atoms with Gasteiger partial charge in [0.15, 0.2) is 0 Å². The van der Waals surface area contributed by atoms with E-state index in [0.717, 1.165) is 22.9 Å². The van der Waals surface area contributed by atoms with E-state index < -0.39 is 25.4 Å². The van der Waals surface area contributed by atoms with Gasteiger partial charge in [0.05, 0.1) is 0 Å². The molecule has 0 amide bonds. The minimum absolute atomic E-state index is 0.107. The van der Waals surface area contributed by atoms with Gasteiger partial charge in [0.1, 0.15) is 0 Å². The number of rotatable bonds is 3. The Morgan fingerprint density at radius 2 is 1.89 bits per heavy atom. The van der Waals surface area contributed by atoms with Gasteiger partial charge in [-0.1, -0.05) is 0 Å². The van der Waals surface area contributed by atoms with Gasteiger partial charge in [0, 0.05) is 0 Å². The van der Waals surface area contributed by atoms with Gasteiger partial charge in [-0.3, -0.25) is 0 Å². The van der Waals surface area contributed by atoms with Crippen LogP contribution in [0.5, 0.6) is 0 Å². The standard InChI is InChI=1S/C21H24O5Se/c1-12-15-9-10-21(3)16(11-27(24)14-7-5-4-6-8-14)25-20(23)13(2)17(21)18(15)26-19(12)22/h4-8,12,15-16,18H,9-11H2,1-3H3/t12-,15-,16-,18-,21-,27?/m0/s1. The SMILES string of the molecule is CC1=C2[C@H]3OC(=O)[C@@H](C)[C@@H]3CC[C@@]2(C)[C@H](C[Se](=O)c2ccccc2)OC1=O. The third kappa shape index (κ3) is 2.90. The van der Waals surface area contributed by atoms with E-state index in [0.29, 0.717) is 10.9 Å². The Morgan fingerprint density at radius 1 is 1.19 bits per heavy atom. The summed E-state index contributed by atoms with van der Waals surface area (Å²) in [6.45, 7) is 5.73. The summed E-state index contributed by atoms with van der Waals surface area (Å²) in [6, 6.07) is 9.37. The molecule has 144 valence electrons. The van der Waals surface area contributed by atoms with Crippen molar-refractivity contribution >= 4 is 30.2 Å². The zero-order valence-electron chi connectivity index (χ0n) is 15.8. The van der Waals surface area contributed by atoms with Crippen LogP contribution in [0.15, 0.2) is 41.5 Å². The molecule has 1 aliphatic carbocycles. The Hall–Kier alpha value is -1.78. The molecule has 2 fully saturated rings. The molecule has 6 atom stereocenters. The first-order valence-electron chi connectivity index (χ1n) is 9.39. The summed E-state index contributed by atoms with van der Waals surface area (Å²) in [6.07, 6.45) is 0.826.